The van der Waals surface area contributed by atoms with Crippen LogP contribution in [0.25, 0.3) is 0 Å². The predicted molar refractivity (Wildman–Crippen MR) is 70.9 cm³/mol. The van der Waals surface area contributed by atoms with E-state index < -0.39 is 0 Å². The zero-order valence-corrected chi connectivity index (χ0v) is 10.5. The Hall–Kier alpha value is -1.55. The van der Waals surface area contributed by atoms with E-state index >= 15 is 0 Å². The number of hydrogen-bond donors (Lipinski definition) is 2. The number of rotatable bonds is 4. The van der Waals surface area contributed by atoms with Crippen LogP contribution >= 0.6 is 0 Å². The van der Waals surface area contributed by atoms with E-state index in [0.29, 0.717) is 12.3 Å². The largest absolute Gasteiger partial charge is 0.399 e. The van der Waals surface area contributed by atoms with Gasteiger partial charge in [0.15, 0.2) is 0 Å². The highest BCUT2D eigenvalue weighted by Crippen LogP contribution is 2.20. The number of amides is 1. The quantitative estimate of drug-likeness (QED) is 0.782. The van der Waals surface area contributed by atoms with Crippen molar-refractivity contribution in [2.75, 3.05) is 25.4 Å². The van der Waals surface area contributed by atoms with Crippen molar-refractivity contribution in [3.63, 3.8) is 0 Å². The number of carbonyl (C=O) groups is 1. The van der Waals surface area contributed by atoms with Crippen LogP contribution in [0.4, 0.5) is 5.69 Å². The summed E-state index contributed by atoms with van der Waals surface area (Å²) in [6.45, 7) is 1.82. The summed E-state index contributed by atoms with van der Waals surface area (Å²) < 4.78 is 0. The Labute approximate surface area is 107 Å². The molecule has 1 aliphatic rings. The van der Waals surface area contributed by atoms with Crippen LogP contribution in [0.3, 0.4) is 0 Å². The van der Waals surface area contributed by atoms with Crippen molar-refractivity contribution >= 4 is 11.6 Å². The zero-order chi connectivity index (χ0) is 13.0. The normalized spacial score (nSPS) is 19.2. The van der Waals surface area contributed by atoms with Crippen LogP contribution in [0.5, 0.6) is 0 Å². The number of aliphatic hydroxyl groups is 1. The van der Waals surface area contributed by atoms with E-state index in [-0.39, 0.29) is 12.5 Å². The molecule has 1 fully saturated rings. The molecule has 0 saturated carbocycles. The fraction of sp³-hybridized carbons (Fsp3) is 0.500. The molecular weight excluding hydrogens is 228 g/mol. The Kier molecular flexibility index (Phi) is 4.20. The minimum absolute atomic E-state index is 0.167. The molecule has 1 unspecified atom stereocenters. The predicted octanol–water partition coefficient (Wildman–Crippen LogP) is 1.04. The van der Waals surface area contributed by atoms with Gasteiger partial charge in [-0.1, -0.05) is 12.1 Å². The molecule has 0 aliphatic carbocycles. The lowest BCUT2D eigenvalue weighted by Crippen LogP contribution is -2.30. The third kappa shape index (κ3) is 3.23. The van der Waals surface area contributed by atoms with Gasteiger partial charge in [0.05, 0.1) is 6.42 Å². The topological polar surface area (TPSA) is 66.6 Å². The van der Waals surface area contributed by atoms with Gasteiger partial charge < -0.3 is 15.7 Å². The van der Waals surface area contributed by atoms with Gasteiger partial charge in [0.2, 0.25) is 5.91 Å². The summed E-state index contributed by atoms with van der Waals surface area (Å²) in [5.74, 6) is 0.630. The van der Waals surface area contributed by atoms with E-state index in [9.17, 15) is 4.79 Å². The first-order valence-corrected chi connectivity index (χ1v) is 6.42. The highest BCUT2D eigenvalue weighted by molar-refractivity contribution is 5.79. The molecule has 1 aromatic carbocycles. The van der Waals surface area contributed by atoms with Gasteiger partial charge in [-0.25, -0.2) is 0 Å². The molecule has 1 heterocycles. The molecule has 1 saturated heterocycles. The molecule has 0 bridgehead atoms. The van der Waals surface area contributed by atoms with E-state index in [4.69, 9.17) is 10.8 Å². The van der Waals surface area contributed by atoms with Crippen LogP contribution in [-0.4, -0.2) is 35.6 Å². The second-order valence-electron chi connectivity index (χ2n) is 4.93. The standard InChI is InChI=1S/C14H20N2O2/c15-13-3-1-11(2-4-13)9-14(18)16-7-5-12(10-16)6-8-17/h1-4,12,17H,5-10,15H2. The molecule has 4 nitrogen and oxygen atoms in total. The second-order valence-corrected chi connectivity index (χ2v) is 4.93. The van der Waals surface area contributed by atoms with Gasteiger partial charge in [0.25, 0.3) is 0 Å². The molecule has 0 aromatic heterocycles. The van der Waals surface area contributed by atoms with E-state index in [0.717, 1.165) is 37.2 Å². The fourth-order valence-electron chi connectivity index (χ4n) is 2.40. The molecule has 3 N–H and O–H groups in total. The monoisotopic (exact) mass is 248 g/mol. The minimum atomic E-state index is 0.167. The molecule has 1 aromatic rings. The number of aliphatic hydroxyl groups excluding tert-OH is 1. The number of likely N-dealkylation sites (tertiary alicyclic amines) is 1. The van der Waals surface area contributed by atoms with Crippen molar-refractivity contribution < 1.29 is 9.90 Å². The van der Waals surface area contributed by atoms with Gasteiger partial charge >= 0.3 is 0 Å². The zero-order valence-electron chi connectivity index (χ0n) is 10.5. The lowest BCUT2D eigenvalue weighted by atomic mass is 10.1. The van der Waals surface area contributed by atoms with Crippen molar-refractivity contribution in [1.29, 1.82) is 0 Å². The Morgan fingerprint density at radius 2 is 2.11 bits per heavy atom. The number of nitrogens with two attached hydrogens (primary N) is 1. The molecule has 1 atom stereocenters. The van der Waals surface area contributed by atoms with Crippen LogP contribution in [0.2, 0.25) is 0 Å². The summed E-state index contributed by atoms with van der Waals surface area (Å²) >= 11 is 0. The Morgan fingerprint density at radius 3 is 2.78 bits per heavy atom. The molecular formula is C14H20N2O2. The van der Waals surface area contributed by atoms with Gasteiger partial charge in [-0.15, -0.1) is 0 Å². The molecule has 0 radical (unpaired) electrons. The first-order valence-electron chi connectivity index (χ1n) is 6.42. The van der Waals surface area contributed by atoms with Crippen molar-refractivity contribution in [3.8, 4) is 0 Å². The second kappa shape index (κ2) is 5.87. The number of hydrogen-bond acceptors (Lipinski definition) is 3. The van der Waals surface area contributed by atoms with Gasteiger partial charge in [0, 0.05) is 25.4 Å². The molecule has 1 amide bonds. The third-order valence-electron chi connectivity index (χ3n) is 3.51. The van der Waals surface area contributed by atoms with Gasteiger partial charge in [-0.05, 0) is 36.5 Å². The molecule has 1 aliphatic heterocycles. The van der Waals surface area contributed by atoms with E-state index in [2.05, 4.69) is 0 Å². The minimum Gasteiger partial charge on any atom is -0.399 e. The SMILES string of the molecule is Nc1ccc(CC(=O)N2CCC(CCO)C2)cc1. The summed E-state index contributed by atoms with van der Waals surface area (Å²) in [5.41, 5.74) is 7.33. The summed E-state index contributed by atoms with van der Waals surface area (Å²) in [7, 11) is 0. The smallest absolute Gasteiger partial charge is 0.226 e. The lowest BCUT2D eigenvalue weighted by molar-refractivity contribution is -0.129. The number of anilines is 1. The molecule has 98 valence electrons. The van der Waals surface area contributed by atoms with E-state index in [1.165, 1.54) is 0 Å². The van der Waals surface area contributed by atoms with Crippen LogP contribution in [0, 0.1) is 5.92 Å². The maximum absolute atomic E-state index is 12.1. The van der Waals surface area contributed by atoms with Crippen molar-refractivity contribution in [2.24, 2.45) is 5.92 Å². The number of benzene rings is 1. The van der Waals surface area contributed by atoms with Gasteiger partial charge in [0.1, 0.15) is 0 Å². The molecule has 2 rings (SSSR count). The summed E-state index contributed by atoms with van der Waals surface area (Å²) in [6.07, 6.45) is 2.24. The van der Waals surface area contributed by atoms with Crippen LogP contribution in [-0.2, 0) is 11.2 Å². The number of carbonyl (C=O) groups excluding carboxylic acids is 1. The van der Waals surface area contributed by atoms with Gasteiger partial charge in [-0.3, -0.25) is 4.79 Å². The first kappa shape index (κ1) is 12.9. The van der Waals surface area contributed by atoms with Crippen molar-refractivity contribution in [1.82, 2.24) is 4.90 Å². The average molecular weight is 248 g/mol. The Morgan fingerprint density at radius 1 is 1.39 bits per heavy atom. The summed E-state index contributed by atoms with van der Waals surface area (Å²) in [4.78, 5) is 14.0. The van der Waals surface area contributed by atoms with Crippen LogP contribution in [0.1, 0.15) is 18.4 Å². The average Bonchev–Trinajstić information content (AvgIpc) is 2.81. The maximum Gasteiger partial charge on any atom is 0.226 e. The molecule has 4 heteroatoms. The summed E-state index contributed by atoms with van der Waals surface area (Å²) in [6, 6.07) is 7.44. The van der Waals surface area contributed by atoms with Crippen LogP contribution < -0.4 is 5.73 Å². The highest BCUT2D eigenvalue weighted by Gasteiger charge is 2.25. The first-order chi connectivity index (χ1) is 8.69. The van der Waals surface area contributed by atoms with Gasteiger partial charge in [-0.2, -0.15) is 0 Å². The molecule has 18 heavy (non-hydrogen) atoms. The molecule has 0 spiro atoms. The maximum atomic E-state index is 12.1. The highest BCUT2D eigenvalue weighted by atomic mass is 16.3. The summed E-state index contributed by atoms with van der Waals surface area (Å²) in [5, 5.41) is 8.90. The third-order valence-corrected chi connectivity index (χ3v) is 3.51. The van der Waals surface area contributed by atoms with Crippen LogP contribution in [0.15, 0.2) is 24.3 Å². The fourth-order valence-corrected chi connectivity index (χ4v) is 2.40. The Balaban J connectivity index is 1.87. The number of nitrogen functional groups attached to an aromatic ring is 1. The number of nitrogens with zero attached hydrogens (tertiary/aromatic N) is 1. The van der Waals surface area contributed by atoms with E-state index in [1.54, 1.807) is 0 Å². The van der Waals surface area contributed by atoms with Crippen molar-refractivity contribution in [3.05, 3.63) is 29.8 Å². The van der Waals surface area contributed by atoms with Crippen molar-refractivity contribution in [2.45, 2.75) is 19.3 Å². The van der Waals surface area contributed by atoms with E-state index in [1.807, 2.05) is 29.2 Å². The lowest BCUT2D eigenvalue weighted by Gasteiger charge is -2.16. The Bertz CT molecular complexity index is 403.